The molecule has 0 bridgehead atoms. The van der Waals surface area contributed by atoms with Crippen LogP contribution >= 0.6 is 11.6 Å². The summed E-state index contributed by atoms with van der Waals surface area (Å²) >= 11 is 6.34. The first kappa shape index (κ1) is 16.1. The van der Waals surface area contributed by atoms with Gasteiger partial charge in [-0.25, -0.2) is 0 Å². The highest BCUT2D eigenvalue weighted by Gasteiger charge is 2.21. The first-order chi connectivity index (χ1) is 10.1. The van der Waals surface area contributed by atoms with E-state index in [9.17, 15) is 4.79 Å². The van der Waals surface area contributed by atoms with Crippen molar-refractivity contribution < 1.29 is 4.79 Å². The van der Waals surface area contributed by atoms with Crippen molar-refractivity contribution in [2.75, 3.05) is 25.0 Å². The number of amides is 1. The highest BCUT2D eigenvalue weighted by molar-refractivity contribution is 6.33. The van der Waals surface area contributed by atoms with Crippen molar-refractivity contribution in [2.24, 2.45) is 0 Å². The van der Waals surface area contributed by atoms with E-state index in [-0.39, 0.29) is 5.91 Å². The van der Waals surface area contributed by atoms with Crippen molar-refractivity contribution in [2.45, 2.75) is 38.8 Å². The van der Waals surface area contributed by atoms with Gasteiger partial charge in [-0.3, -0.25) is 4.79 Å². The molecule has 21 heavy (non-hydrogen) atoms. The van der Waals surface area contributed by atoms with E-state index in [4.69, 9.17) is 11.6 Å². The number of carbonyl (C=O) groups excluding carboxylic acids is 1. The molecule has 1 saturated carbocycles. The summed E-state index contributed by atoms with van der Waals surface area (Å²) in [5.74, 6) is 0.0281. The Hall–Kier alpha value is -1.26. The fraction of sp³-hybridized carbons (Fsp3) is 0.562. The summed E-state index contributed by atoms with van der Waals surface area (Å²) in [5, 5.41) is 7.08. The van der Waals surface area contributed by atoms with E-state index in [0.29, 0.717) is 24.2 Å². The summed E-state index contributed by atoms with van der Waals surface area (Å²) in [6, 6.07) is 6.55. The molecular formula is C16H24ClN3O. The number of benzene rings is 1. The second-order valence-corrected chi connectivity index (χ2v) is 6.02. The highest BCUT2D eigenvalue weighted by Crippen LogP contribution is 2.30. The van der Waals surface area contributed by atoms with Gasteiger partial charge in [-0.2, -0.15) is 0 Å². The number of hydrogen-bond acceptors (Lipinski definition) is 3. The lowest BCUT2D eigenvalue weighted by molar-refractivity contribution is -0.119. The maximum Gasteiger partial charge on any atom is 0.239 e. The molecule has 116 valence electrons. The summed E-state index contributed by atoms with van der Waals surface area (Å²) < 4.78 is 0. The lowest BCUT2D eigenvalue weighted by Gasteiger charge is -2.23. The lowest BCUT2D eigenvalue weighted by atomic mass is 10.1. The topological polar surface area (TPSA) is 44.4 Å². The molecule has 5 heteroatoms. The van der Waals surface area contributed by atoms with Crippen LogP contribution in [-0.4, -0.2) is 32.1 Å². The number of hydrogen-bond donors (Lipinski definition) is 2. The average Bonchev–Trinajstić information content (AvgIpc) is 3.26. The Morgan fingerprint density at radius 3 is 2.86 bits per heavy atom. The molecule has 2 rings (SSSR count). The molecule has 1 aromatic carbocycles. The van der Waals surface area contributed by atoms with Crippen LogP contribution in [0.3, 0.4) is 0 Å². The summed E-state index contributed by atoms with van der Waals surface area (Å²) in [4.78, 5) is 13.8. The molecule has 0 heterocycles. The molecule has 0 spiro atoms. The molecule has 1 aliphatic rings. The number of rotatable bonds is 8. The summed E-state index contributed by atoms with van der Waals surface area (Å²) in [6.45, 7) is 3.87. The molecule has 4 nitrogen and oxygen atoms in total. The monoisotopic (exact) mass is 309 g/mol. The van der Waals surface area contributed by atoms with Gasteiger partial charge in [0.05, 0.1) is 17.3 Å². The van der Waals surface area contributed by atoms with E-state index in [1.807, 2.05) is 31.0 Å². The number of halogens is 1. The zero-order valence-electron chi connectivity index (χ0n) is 12.8. The Morgan fingerprint density at radius 1 is 1.43 bits per heavy atom. The fourth-order valence-corrected chi connectivity index (χ4v) is 2.63. The van der Waals surface area contributed by atoms with Gasteiger partial charge in [0.2, 0.25) is 5.91 Å². The fourth-order valence-electron chi connectivity index (χ4n) is 2.29. The number of nitrogens with one attached hydrogen (secondary N) is 2. The smallest absolute Gasteiger partial charge is 0.239 e. The van der Waals surface area contributed by atoms with Gasteiger partial charge in [0.25, 0.3) is 0 Å². The summed E-state index contributed by atoms with van der Waals surface area (Å²) in [7, 11) is 1.91. The number of anilines is 1. The minimum atomic E-state index is 0.0281. The van der Waals surface area contributed by atoms with Crippen molar-refractivity contribution in [3.63, 3.8) is 0 Å². The van der Waals surface area contributed by atoms with E-state index in [1.165, 1.54) is 12.8 Å². The maximum absolute atomic E-state index is 11.9. The minimum absolute atomic E-state index is 0.0281. The van der Waals surface area contributed by atoms with Crippen LogP contribution < -0.4 is 15.5 Å². The van der Waals surface area contributed by atoms with Gasteiger partial charge in [-0.15, -0.1) is 0 Å². The van der Waals surface area contributed by atoms with Crippen LogP contribution in [0.25, 0.3) is 0 Å². The zero-order chi connectivity index (χ0) is 15.2. The van der Waals surface area contributed by atoms with Crippen LogP contribution in [0, 0.1) is 0 Å². The molecule has 1 aliphatic carbocycles. The van der Waals surface area contributed by atoms with Gasteiger partial charge >= 0.3 is 0 Å². The van der Waals surface area contributed by atoms with Crippen LogP contribution in [0.4, 0.5) is 5.69 Å². The van der Waals surface area contributed by atoms with E-state index < -0.39 is 0 Å². The second kappa shape index (κ2) is 7.66. The molecule has 0 atom stereocenters. The van der Waals surface area contributed by atoms with Gasteiger partial charge in [-0.1, -0.05) is 30.7 Å². The normalized spacial score (nSPS) is 14.0. The van der Waals surface area contributed by atoms with Crippen molar-refractivity contribution in [1.29, 1.82) is 0 Å². The number of nitrogens with zero attached hydrogens (tertiary/aromatic N) is 1. The molecule has 0 radical (unpaired) electrons. The summed E-state index contributed by atoms with van der Waals surface area (Å²) in [5.41, 5.74) is 2.08. The van der Waals surface area contributed by atoms with Gasteiger partial charge in [0, 0.05) is 26.2 Å². The quantitative estimate of drug-likeness (QED) is 0.775. The number of para-hydroxylation sites is 1. The molecule has 0 aliphatic heterocycles. The molecular weight excluding hydrogens is 286 g/mol. The molecule has 0 aromatic heterocycles. The van der Waals surface area contributed by atoms with Crippen molar-refractivity contribution in [3.05, 3.63) is 28.8 Å². The van der Waals surface area contributed by atoms with Gasteiger partial charge in [-0.05, 0) is 30.9 Å². The van der Waals surface area contributed by atoms with Crippen molar-refractivity contribution >= 4 is 23.2 Å². The predicted octanol–water partition coefficient (Wildman–Crippen LogP) is 2.55. The first-order valence-electron chi connectivity index (χ1n) is 7.60. The number of likely N-dealkylation sites (N-methyl/N-ethyl adjacent to an activating group) is 1. The van der Waals surface area contributed by atoms with Crippen molar-refractivity contribution in [3.8, 4) is 0 Å². The minimum Gasteiger partial charge on any atom is -0.364 e. The predicted molar refractivity (Wildman–Crippen MR) is 87.9 cm³/mol. The average molecular weight is 310 g/mol. The van der Waals surface area contributed by atoms with Crippen LogP contribution in [0.15, 0.2) is 18.2 Å². The Bertz CT molecular complexity index is 488. The molecule has 2 N–H and O–H groups in total. The third-order valence-corrected chi connectivity index (χ3v) is 3.87. The largest absolute Gasteiger partial charge is 0.364 e. The van der Waals surface area contributed by atoms with E-state index in [0.717, 1.165) is 24.2 Å². The first-order valence-corrected chi connectivity index (χ1v) is 7.98. The Labute approximate surface area is 131 Å². The van der Waals surface area contributed by atoms with Gasteiger partial charge in [0.1, 0.15) is 0 Å². The van der Waals surface area contributed by atoms with Crippen LogP contribution in [0.2, 0.25) is 5.02 Å². The van der Waals surface area contributed by atoms with Gasteiger partial charge < -0.3 is 15.5 Å². The van der Waals surface area contributed by atoms with E-state index in [1.54, 1.807) is 0 Å². The molecule has 0 saturated heterocycles. The Kier molecular flexibility index (Phi) is 5.88. The van der Waals surface area contributed by atoms with Crippen LogP contribution in [0.1, 0.15) is 31.7 Å². The molecule has 1 fully saturated rings. The van der Waals surface area contributed by atoms with E-state index >= 15 is 0 Å². The Balaban J connectivity index is 2.03. The Morgan fingerprint density at radius 2 is 2.19 bits per heavy atom. The molecule has 1 aromatic rings. The highest BCUT2D eigenvalue weighted by atomic mass is 35.5. The van der Waals surface area contributed by atoms with Crippen LogP contribution in [-0.2, 0) is 11.3 Å². The maximum atomic E-state index is 11.9. The third-order valence-electron chi connectivity index (χ3n) is 3.56. The molecule has 0 unspecified atom stereocenters. The standard InChI is InChI=1S/C16H24ClN3O/c1-3-9-18-15(21)11-20(2)16-12(5-4-6-14(16)17)10-19-13-7-8-13/h4-6,13,19H,3,7-11H2,1-2H3,(H,18,21). The number of carbonyl (C=O) groups is 1. The summed E-state index contributed by atoms with van der Waals surface area (Å²) in [6.07, 6.45) is 3.45. The second-order valence-electron chi connectivity index (χ2n) is 5.61. The van der Waals surface area contributed by atoms with Crippen molar-refractivity contribution in [1.82, 2.24) is 10.6 Å². The van der Waals surface area contributed by atoms with Crippen LogP contribution in [0.5, 0.6) is 0 Å². The lowest BCUT2D eigenvalue weighted by Crippen LogP contribution is -2.36. The zero-order valence-corrected chi connectivity index (χ0v) is 13.5. The third kappa shape index (κ3) is 4.90. The van der Waals surface area contributed by atoms with Gasteiger partial charge in [0.15, 0.2) is 0 Å². The SMILES string of the molecule is CCCNC(=O)CN(C)c1c(Cl)cccc1CNC1CC1. The van der Waals surface area contributed by atoms with E-state index in [2.05, 4.69) is 16.7 Å². The molecule has 1 amide bonds.